The van der Waals surface area contributed by atoms with Crippen molar-refractivity contribution in [2.75, 3.05) is 19.6 Å². The second-order valence-electron chi connectivity index (χ2n) is 3.11. The Balaban J connectivity index is 1.94. The molecule has 60 valence electrons. The number of hydrogen-bond acceptors (Lipinski definition) is 2. The highest BCUT2D eigenvalue weighted by Crippen LogP contribution is 2.10. The summed E-state index contributed by atoms with van der Waals surface area (Å²) in [6, 6.07) is 0.733. The van der Waals surface area contributed by atoms with Gasteiger partial charge in [0.25, 0.3) is 0 Å². The van der Waals surface area contributed by atoms with E-state index in [2.05, 4.69) is 34.6 Å². The Morgan fingerprint density at radius 2 is 2.36 bits per heavy atom. The zero-order valence-corrected chi connectivity index (χ0v) is 6.66. The van der Waals surface area contributed by atoms with Gasteiger partial charge in [0.15, 0.2) is 0 Å². The maximum atomic E-state index is 3.37. The summed E-state index contributed by atoms with van der Waals surface area (Å²) in [5, 5.41) is 3.37. The highest BCUT2D eigenvalue weighted by atomic mass is 15.2. The van der Waals surface area contributed by atoms with Crippen LogP contribution in [0.3, 0.4) is 0 Å². The van der Waals surface area contributed by atoms with E-state index in [1.54, 1.807) is 0 Å². The topological polar surface area (TPSA) is 15.3 Å². The number of hydrogen-bond donors (Lipinski definition) is 1. The largest absolute Gasteiger partial charge is 0.369 e. The van der Waals surface area contributed by atoms with E-state index in [0.29, 0.717) is 0 Å². The van der Waals surface area contributed by atoms with Crippen molar-refractivity contribution in [1.29, 1.82) is 0 Å². The number of rotatable bonds is 1. The molecule has 2 heteroatoms. The molecule has 2 heterocycles. The van der Waals surface area contributed by atoms with Crippen LogP contribution in [0.5, 0.6) is 0 Å². The van der Waals surface area contributed by atoms with Gasteiger partial charge in [-0.15, -0.1) is 0 Å². The van der Waals surface area contributed by atoms with Crippen molar-refractivity contribution in [3.63, 3.8) is 0 Å². The standard InChI is InChI=1S/C9H14N2/c1-2-6-11(7-3-1)9-4-5-10-8-9/h1-3,6,9-10H,4-5,7-8H2. The summed E-state index contributed by atoms with van der Waals surface area (Å²) in [6.45, 7) is 3.42. The molecule has 1 saturated heterocycles. The normalized spacial score (nSPS) is 29.8. The van der Waals surface area contributed by atoms with Crippen molar-refractivity contribution in [1.82, 2.24) is 10.2 Å². The average molecular weight is 150 g/mol. The minimum Gasteiger partial charge on any atom is -0.369 e. The van der Waals surface area contributed by atoms with Crippen LogP contribution in [0.2, 0.25) is 0 Å². The second-order valence-corrected chi connectivity index (χ2v) is 3.11. The molecular weight excluding hydrogens is 136 g/mol. The van der Waals surface area contributed by atoms with Crippen LogP contribution in [-0.4, -0.2) is 30.6 Å². The average Bonchev–Trinajstić information content (AvgIpc) is 2.58. The second kappa shape index (κ2) is 3.09. The summed E-state index contributed by atoms with van der Waals surface area (Å²) in [4.78, 5) is 2.40. The quantitative estimate of drug-likeness (QED) is 0.593. The molecule has 1 unspecified atom stereocenters. The zero-order valence-electron chi connectivity index (χ0n) is 6.66. The summed E-state index contributed by atoms with van der Waals surface area (Å²) < 4.78 is 0. The molecule has 2 rings (SSSR count). The van der Waals surface area contributed by atoms with Crippen LogP contribution in [0, 0.1) is 0 Å². The Morgan fingerprint density at radius 3 is 3.00 bits per heavy atom. The lowest BCUT2D eigenvalue weighted by Gasteiger charge is -2.26. The van der Waals surface area contributed by atoms with Crippen LogP contribution in [-0.2, 0) is 0 Å². The summed E-state index contributed by atoms with van der Waals surface area (Å²) in [6.07, 6.45) is 9.91. The third-order valence-electron chi connectivity index (χ3n) is 2.34. The molecule has 1 N–H and O–H groups in total. The van der Waals surface area contributed by atoms with Gasteiger partial charge < -0.3 is 10.2 Å². The molecule has 11 heavy (non-hydrogen) atoms. The van der Waals surface area contributed by atoms with E-state index in [0.717, 1.165) is 19.1 Å². The molecule has 0 radical (unpaired) electrons. The first-order valence-corrected chi connectivity index (χ1v) is 4.26. The molecule has 0 aromatic heterocycles. The Bertz CT molecular complexity index is 178. The maximum Gasteiger partial charge on any atom is 0.0424 e. The van der Waals surface area contributed by atoms with Gasteiger partial charge in [0.2, 0.25) is 0 Å². The van der Waals surface area contributed by atoms with Gasteiger partial charge in [0.1, 0.15) is 0 Å². The monoisotopic (exact) mass is 150 g/mol. The van der Waals surface area contributed by atoms with E-state index in [9.17, 15) is 0 Å². The van der Waals surface area contributed by atoms with E-state index in [-0.39, 0.29) is 0 Å². The van der Waals surface area contributed by atoms with Gasteiger partial charge in [-0.2, -0.15) is 0 Å². The Kier molecular flexibility index (Phi) is 1.95. The van der Waals surface area contributed by atoms with Gasteiger partial charge in [-0.3, -0.25) is 0 Å². The van der Waals surface area contributed by atoms with Gasteiger partial charge >= 0.3 is 0 Å². The predicted octanol–water partition coefficient (Wildman–Crippen LogP) is 0.734. The smallest absolute Gasteiger partial charge is 0.0424 e. The number of nitrogens with one attached hydrogen (secondary N) is 1. The van der Waals surface area contributed by atoms with Crippen LogP contribution in [0.4, 0.5) is 0 Å². The van der Waals surface area contributed by atoms with E-state index in [1.165, 1.54) is 13.0 Å². The first-order valence-electron chi connectivity index (χ1n) is 4.26. The van der Waals surface area contributed by atoms with E-state index in [4.69, 9.17) is 0 Å². The lowest BCUT2D eigenvalue weighted by Crippen LogP contribution is -2.33. The van der Waals surface area contributed by atoms with Crippen LogP contribution in [0.1, 0.15) is 6.42 Å². The number of allylic oxidation sites excluding steroid dienone is 2. The molecule has 0 aromatic rings. The SMILES string of the molecule is C1=CCN(C2CCNC2)C=C1. The predicted molar refractivity (Wildman–Crippen MR) is 46.3 cm³/mol. The zero-order chi connectivity index (χ0) is 7.52. The van der Waals surface area contributed by atoms with Crippen molar-refractivity contribution in [3.8, 4) is 0 Å². The summed E-state index contributed by atoms with van der Waals surface area (Å²) in [5.74, 6) is 0. The Labute approximate surface area is 67.6 Å². The molecule has 0 amide bonds. The number of nitrogens with zero attached hydrogens (tertiary/aromatic N) is 1. The lowest BCUT2D eigenvalue weighted by molar-refractivity contribution is 0.318. The fourth-order valence-electron chi connectivity index (χ4n) is 1.68. The first-order chi connectivity index (χ1) is 5.47. The van der Waals surface area contributed by atoms with E-state index < -0.39 is 0 Å². The van der Waals surface area contributed by atoms with Crippen LogP contribution >= 0.6 is 0 Å². The third-order valence-corrected chi connectivity index (χ3v) is 2.34. The van der Waals surface area contributed by atoms with Gasteiger partial charge in [-0.25, -0.2) is 0 Å². The third kappa shape index (κ3) is 1.46. The van der Waals surface area contributed by atoms with Gasteiger partial charge in [0.05, 0.1) is 0 Å². The Hall–Kier alpha value is -0.760. The highest BCUT2D eigenvalue weighted by molar-refractivity contribution is 5.10. The molecule has 0 spiro atoms. The molecule has 0 aliphatic carbocycles. The van der Waals surface area contributed by atoms with E-state index in [1.807, 2.05) is 0 Å². The molecular formula is C9H14N2. The van der Waals surface area contributed by atoms with E-state index >= 15 is 0 Å². The van der Waals surface area contributed by atoms with Crippen molar-refractivity contribution in [3.05, 3.63) is 24.4 Å². The van der Waals surface area contributed by atoms with Gasteiger partial charge in [0, 0.05) is 19.1 Å². The molecule has 2 aliphatic rings. The summed E-state index contributed by atoms with van der Waals surface area (Å²) in [7, 11) is 0. The molecule has 0 aromatic carbocycles. The minimum atomic E-state index is 0.733. The van der Waals surface area contributed by atoms with Crippen molar-refractivity contribution >= 4 is 0 Å². The maximum absolute atomic E-state index is 3.37. The minimum absolute atomic E-state index is 0.733. The Morgan fingerprint density at radius 1 is 1.36 bits per heavy atom. The first kappa shape index (κ1) is 6.92. The molecule has 1 atom stereocenters. The van der Waals surface area contributed by atoms with Crippen LogP contribution in [0.25, 0.3) is 0 Å². The van der Waals surface area contributed by atoms with Gasteiger partial charge in [-0.1, -0.05) is 12.2 Å². The lowest BCUT2D eigenvalue weighted by atomic mass is 10.2. The molecule has 0 saturated carbocycles. The van der Waals surface area contributed by atoms with Gasteiger partial charge in [-0.05, 0) is 25.2 Å². The van der Waals surface area contributed by atoms with Crippen molar-refractivity contribution in [2.45, 2.75) is 12.5 Å². The fourth-order valence-corrected chi connectivity index (χ4v) is 1.68. The summed E-state index contributed by atoms with van der Waals surface area (Å²) in [5.41, 5.74) is 0. The molecule has 0 bridgehead atoms. The van der Waals surface area contributed by atoms with Crippen LogP contribution < -0.4 is 5.32 Å². The summed E-state index contributed by atoms with van der Waals surface area (Å²) >= 11 is 0. The van der Waals surface area contributed by atoms with Crippen LogP contribution in [0.15, 0.2) is 24.4 Å². The molecule has 1 fully saturated rings. The fraction of sp³-hybridized carbons (Fsp3) is 0.556. The molecule has 2 nitrogen and oxygen atoms in total. The molecule has 2 aliphatic heterocycles. The van der Waals surface area contributed by atoms with Crippen molar-refractivity contribution in [2.24, 2.45) is 0 Å². The highest BCUT2D eigenvalue weighted by Gasteiger charge is 2.18. The van der Waals surface area contributed by atoms with Crippen molar-refractivity contribution < 1.29 is 0 Å².